The maximum atomic E-state index is 8.74. The van der Waals surface area contributed by atoms with Gasteiger partial charge in [0.05, 0.1) is 0 Å². The zero-order chi connectivity index (χ0) is 4.50. The molecule has 0 amide bonds. The van der Waals surface area contributed by atoms with E-state index in [2.05, 4.69) is 0 Å². The molecule has 0 unspecified atom stereocenters. The van der Waals surface area contributed by atoms with E-state index in [0.29, 0.717) is 0 Å². The predicted octanol–water partition coefficient (Wildman–Crippen LogP) is -3.87. The molecule has 9 heteroatoms. The molecule has 0 heterocycles. The van der Waals surface area contributed by atoms with Crippen molar-refractivity contribution >= 4 is 67.0 Å². The van der Waals surface area contributed by atoms with Gasteiger partial charge in [-0.05, 0) is 0 Å². The number of hydrogen-bond donors (Lipinski definition) is 2. The molecule has 0 fully saturated rings. The maximum absolute atomic E-state index is 8.74. The SMILES string of the molecule is O.O.O=S(=O)(O)O.[CaH2].[LiH]. The molecule has 0 aromatic rings. The van der Waals surface area contributed by atoms with Gasteiger partial charge in [0.2, 0.25) is 0 Å². The standard InChI is InChI=1S/Ca.Li.H2O4S.2H2O.3H/c;;1-5(2,3)4;;;;;/h;;(H2,1,2,3,4);2*1H2;;;. The van der Waals surface area contributed by atoms with Crippen molar-refractivity contribution in [1.82, 2.24) is 0 Å². The molecule has 0 saturated carbocycles. The first-order valence-corrected chi connectivity index (χ1v) is 2.10. The third-order valence-electron chi connectivity index (χ3n) is 0. The molecule has 0 aromatic carbocycles. The van der Waals surface area contributed by atoms with E-state index in [-0.39, 0.29) is 67.6 Å². The van der Waals surface area contributed by atoms with Crippen molar-refractivity contribution in [2.24, 2.45) is 0 Å². The molecule has 0 bridgehead atoms. The van der Waals surface area contributed by atoms with Gasteiger partial charge in [-0.3, -0.25) is 9.11 Å². The first-order chi connectivity index (χ1) is 2.00. The van der Waals surface area contributed by atoms with Gasteiger partial charge >= 0.3 is 67.0 Å². The zero-order valence-corrected chi connectivity index (χ0v) is 3.94. The third-order valence-corrected chi connectivity index (χ3v) is 0. The van der Waals surface area contributed by atoms with Crippen LogP contribution in [0.15, 0.2) is 0 Å². The Bertz CT molecular complexity index is 96.2. The van der Waals surface area contributed by atoms with Crippen LogP contribution in [0.5, 0.6) is 0 Å². The van der Waals surface area contributed by atoms with Gasteiger partial charge in [0.15, 0.2) is 0 Å². The fourth-order valence-electron chi connectivity index (χ4n) is 0. The van der Waals surface area contributed by atoms with Crippen molar-refractivity contribution in [1.29, 1.82) is 0 Å². The van der Waals surface area contributed by atoms with Gasteiger partial charge in [-0.25, -0.2) is 0 Å². The van der Waals surface area contributed by atoms with Crippen molar-refractivity contribution in [3.05, 3.63) is 0 Å². The van der Waals surface area contributed by atoms with E-state index in [1.54, 1.807) is 0 Å². The van der Waals surface area contributed by atoms with Crippen molar-refractivity contribution in [2.45, 2.75) is 0 Å². The fourth-order valence-corrected chi connectivity index (χ4v) is 0. The summed E-state index contributed by atoms with van der Waals surface area (Å²) in [5, 5.41) is 0. The van der Waals surface area contributed by atoms with Crippen LogP contribution in [-0.2, 0) is 10.4 Å². The molecule has 0 saturated heterocycles. The average molecular weight is 184 g/mol. The van der Waals surface area contributed by atoms with Crippen LogP contribution in [-0.4, -0.2) is 85.1 Å². The molecule has 54 valence electrons. The molecule has 6 N–H and O–H groups in total. The monoisotopic (exact) mass is 184 g/mol. The van der Waals surface area contributed by atoms with E-state index in [9.17, 15) is 0 Å². The van der Waals surface area contributed by atoms with Gasteiger partial charge in [-0.1, -0.05) is 0 Å². The fraction of sp³-hybridized carbons (Fsp3) is 0. The Morgan fingerprint density at radius 2 is 1.00 bits per heavy atom. The van der Waals surface area contributed by atoms with Crippen LogP contribution in [0.25, 0.3) is 0 Å². The molecular formula is H9CaLiO6S. The molecule has 6 nitrogen and oxygen atoms in total. The Morgan fingerprint density at radius 1 is 1.00 bits per heavy atom. The van der Waals surface area contributed by atoms with Crippen LogP contribution in [0.3, 0.4) is 0 Å². The second kappa shape index (κ2) is 12.3. The summed E-state index contributed by atoms with van der Waals surface area (Å²) in [5.41, 5.74) is 0. The van der Waals surface area contributed by atoms with Crippen LogP contribution in [0.4, 0.5) is 0 Å². The van der Waals surface area contributed by atoms with E-state index in [0.717, 1.165) is 0 Å². The molecule has 0 radical (unpaired) electrons. The van der Waals surface area contributed by atoms with Crippen LogP contribution in [0, 0.1) is 0 Å². The molecular weight excluding hydrogens is 175 g/mol. The van der Waals surface area contributed by atoms with Gasteiger partial charge in [-0.15, -0.1) is 0 Å². The molecule has 0 rings (SSSR count). The van der Waals surface area contributed by atoms with Gasteiger partial charge in [0.1, 0.15) is 0 Å². The van der Waals surface area contributed by atoms with Crippen molar-refractivity contribution in [2.75, 3.05) is 0 Å². The summed E-state index contributed by atoms with van der Waals surface area (Å²) in [5.74, 6) is 0. The van der Waals surface area contributed by atoms with E-state index < -0.39 is 10.4 Å². The first-order valence-electron chi connectivity index (χ1n) is 0.698. The van der Waals surface area contributed by atoms with E-state index in [1.165, 1.54) is 0 Å². The molecule has 0 spiro atoms. The first kappa shape index (κ1) is 31.1. The summed E-state index contributed by atoms with van der Waals surface area (Å²) < 4.78 is 31.6. The second-order valence-corrected chi connectivity index (χ2v) is 1.34. The Labute approximate surface area is 94.4 Å². The normalized spacial score (nSPS) is 6.44. The van der Waals surface area contributed by atoms with Crippen molar-refractivity contribution in [3.8, 4) is 0 Å². The topological polar surface area (TPSA) is 138 Å². The minimum absolute atomic E-state index is 0. The Hall–Kier alpha value is 1.65. The van der Waals surface area contributed by atoms with Gasteiger partial charge in [-0.2, -0.15) is 8.42 Å². The summed E-state index contributed by atoms with van der Waals surface area (Å²) in [6, 6.07) is 0. The molecule has 0 atom stereocenters. The number of hydrogen-bond acceptors (Lipinski definition) is 2. The zero-order valence-electron chi connectivity index (χ0n) is 3.12. The summed E-state index contributed by atoms with van der Waals surface area (Å²) >= 11 is 0. The Morgan fingerprint density at radius 3 is 1.00 bits per heavy atom. The molecule has 0 aromatic heterocycles. The van der Waals surface area contributed by atoms with Crippen LogP contribution < -0.4 is 0 Å². The van der Waals surface area contributed by atoms with Crippen molar-refractivity contribution in [3.63, 3.8) is 0 Å². The van der Waals surface area contributed by atoms with Gasteiger partial charge in [0, 0.05) is 0 Å². The summed E-state index contributed by atoms with van der Waals surface area (Å²) in [4.78, 5) is 0. The van der Waals surface area contributed by atoms with Crippen LogP contribution >= 0.6 is 0 Å². The average Bonchev–Trinajstić information content (AvgIpc) is 0.722. The summed E-state index contributed by atoms with van der Waals surface area (Å²) in [6.45, 7) is 0. The minimum atomic E-state index is -4.67. The van der Waals surface area contributed by atoms with Gasteiger partial charge < -0.3 is 11.0 Å². The second-order valence-electron chi connectivity index (χ2n) is 0.448. The molecule has 0 aliphatic heterocycles. The Balaban J connectivity index is -0.0000000133. The van der Waals surface area contributed by atoms with Crippen LogP contribution in [0.1, 0.15) is 0 Å². The van der Waals surface area contributed by atoms with E-state index in [1.807, 2.05) is 0 Å². The molecule has 0 aliphatic rings. The molecule has 9 heavy (non-hydrogen) atoms. The molecule has 0 aliphatic carbocycles. The van der Waals surface area contributed by atoms with E-state index in [4.69, 9.17) is 17.5 Å². The predicted molar refractivity (Wildman–Crippen MR) is 37.1 cm³/mol. The van der Waals surface area contributed by atoms with Gasteiger partial charge in [0.25, 0.3) is 0 Å². The summed E-state index contributed by atoms with van der Waals surface area (Å²) in [7, 11) is -4.67. The summed E-state index contributed by atoms with van der Waals surface area (Å²) in [6.07, 6.45) is 0. The Kier molecular flexibility index (Phi) is 42.6. The van der Waals surface area contributed by atoms with Crippen LogP contribution in [0.2, 0.25) is 0 Å². The quantitative estimate of drug-likeness (QED) is 0.294. The van der Waals surface area contributed by atoms with E-state index >= 15 is 0 Å². The third kappa shape index (κ3) is 208. The van der Waals surface area contributed by atoms with Crippen molar-refractivity contribution < 1.29 is 28.5 Å². The number of rotatable bonds is 0.